The Morgan fingerprint density at radius 1 is 1.19 bits per heavy atom. The molecular formula is C17H19BrClNO. The van der Waals surface area contributed by atoms with Gasteiger partial charge in [0.15, 0.2) is 0 Å². The zero-order valence-electron chi connectivity index (χ0n) is 12.2. The van der Waals surface area contributed by atoms with E-state index in [1.165, 1.54) is 0 Å². The van der Waals surface area contributed by atoms with Gasteiger partial charge in [0.1, 0.15) is 5.75 Å². The van der Waals surface area contributed by atoms with Crippen molar-refractivity contribution in [1.29, 1.82) is 0 Å². The molecule has 21 heavy (non-hydrogen) atoms. The molecule has 0 spiro atoms. The number of rotatable bonds is 6. The monoisotopic (exact) mass is 367 g/mol. The van der Waals surface area contributed by atoms with Crippen LogP contribution < -0.4 is 10.1 Å². The molecular weight excluding hydrogens is 350 g/mol. The summed E-state index contributed by atoms with van der Waals surface area (Å²) in [5.74, 6) is 0.895. The van der Waals surface area contributed by atoms with Crippen molar-refractivity contribution in [2.45, 2.75) is 19.9 Å². The van der Waals surface area contributed by atoms with Crippen molar-refractivity contribution in [2.24, 2.45) is 0 Å². The SMILES string of the molecule is CCNC(c1cccc(Cl)c1)c1cc(Br)ccc1OCC. The fraction of sp³-hybridized carbons (Fsp3) is 0.294. The second-order valence-corrected chi connectivity index (χ2v) is 6.01. The molecule has 1 N–H and O–H groups in total. The van der Waals surface area contributed by atoms with Crippen LogP contribution in [-0.2, 0) is 0 Å². The molecule has 4 heteroatoms. The average molecular weight is 369 g/mol. The van der Waals surface area contributed by atoms with E-state index < -0.39 is 0 Å². The van der Waals surface area contributed by atoms with E-state index in [0.29, 0.717) is 6.61 Å². The van der Waals surface area contributed by atoms with Crippen molar-refractivity contribution in [2.75, 3.05) is 13.2 Å². The standard InChI is InChI=1S/C17H19BrClNO/c1-3-20-17(12-6-5-7-14(19)10-12)15-11-13(18)8-9-16(15)21-4-2/h5-11,17,20H,3-4H2,1-2H3. The zero-order valence-corrected chi connectivity index (χ0v) is 14.5. The van der Waals surface area contributed by atoms with Gasteiger partial charge in [-0.1, -0.05) is 46.6 Å². The molecule has 0 radical (unpaired) electrons. The van der Waals surface area contributed by atoms with E-state index in [0.717, 1.165) is 32.9 Å². The molecule has 2 aromatic rings. The normalized spacial score (nSPS) is 12.2. The third-order valence-electron chi connectivity index (χ3n) is 3.17. The molecule has 1 unspecified atom stereocenters. The number of halogens is 2. The quantitative estimate of drug-likeness (QED) is 0.756. The average Bonchev–Trinajstić information content (AvgIpc) is 2.47. The summed E-state index contributed by atoms with van der Waals surface area (Å²) in [5.41, 5.74) is 2.23. The Morgan fingerprint density at radius 3 is 2.67 bits per heavy atom. The van der Waals surface area contributed by atoms with Crippen LogP contribution in [0.5, 0.6) is 5.75 Å². The Kier molecular flexibility index (Phi) is 6.09. The maximum Gasteiger partial charge on any atom is 0.124 e. The summed E-state index contributed by atoms with van der Waals surface area (Å²) in [5, 5.41) is 4.25. The maximum absolute atomic E-state index is 6.14. The van der Waals surface area contributed by atoms with E-state index in [9.17, 15) is 0 Å². The molecule has 0 aliphatic heterocycles. The number of hydrogen-bond donors (Lipinski definition) is 1. The van der Waals surface area contributed by atoms with Crippen molar-refractivity contribution in [3.05, 3.63) is 63.1 Å². The van der Waals surface area contributed by atoms with Gasteiger partial charge in [0, 0.05) is 15.1 Å². The van der Waals surface area contributed by atoms with Crippen LogP contribution in [0.1, 0.15) is 31.0 Å². The van der Waals surface area contributed by atoms with Gasteiger partial charge in [-0.15, -0.1) is 0 Å². The van der Waals surface area contributed by atoms with Gasteiger partial charge in [0.25, 0.3) is 0 Å². The zero-order chi connectivity index (χ0) is 15.2. The van der Waals surface area contributed by atoms with Gasteiger partial charge in [-0.2, -0.15) is 0 Å². The first kappa shape index (κ1) is 16.3. The summed E-state index contributed by atoms with van der Waals surface area (Å²) in [7, 11) is 0. The molecule has 0 fully saturated rings. The highest BCUT2D eigenvalue weighted by Gasteiger charge is 2.18. The number of nitrogens with one attached hydrogen (secondary N) is 1. The maximum atomic E-state index is 6.14. The van der Waals surface area contributed by atoms with Crippen molar-refractivity contribution < 1.29 is 4.74 Å². The summed E-state index contributed by atoms with van der Waals surface area (Å²) in [4.78, 5) is 0. The third-order valence-corrected chi connectivity index (χ3v) is 3.90. The predicted molar refractivity (Wildman–Crippen MR) is 92.3 cm³/mol. The Hall–Kier alpha value is -1.03. The Balaban J connectivity index is 2.49. The Morgan fingerprint density at radius 2 is 2.00 bits per heavy atom. The molecule has 0 heterocycles. The van der Waals surface area contributed by atoms with Gasteiger partial charge in [0.2, 0.25) is 0 Å². The molecule has 0 aromatic heterocycles. The highest BCUT2D eigenvalue weighted by molar-refractivity contribution is 9.10. The number of benzene rings is 2. The molecule has 0 saturated carbocycles. The van der Waals surface area contributed by atoms with Crippen LogP contribution in [-0.4, -0.2) is 13.2 Å². The van der Waals surface area contributed by atoms with E-state index >= 15 is 0 Å². The lowest BCUT2D eigenvalue weighted by Gasteiger charge is -2.22. The van der Waals surface area contributed by atoms with E-state index in [-0.39, 0.29) is 6.04 Å². The molecule has 2 rings (SSSR count). The highest BCUT2D eigenvalue weighted by Crippen LogP contribution is 2.33. The molecule has 112 valence electrons. The van der Waals surface area contributed by atoms with Crippen LogP contribution >= 0.6 is 27.5 Å². The summed E-state index contributed by atoms with van der Waals surface area (Å²) in [6, 6.07) is 14.1. The minimum absolute atomic E-state index is 0.0488. The van der Waals surface area contributed by atoms with E-state index in [1.54, 1.807) is 0 Å². The lowest BCUT2D eigenvalue weighted by atomic mass is 9.97. The highest BCUT2D eigenvalue weighted by atomic mass is 79.9. The Bertz CT molecular complexity index is 603. The van der Waals surface area contributed by atoms with Crippen LogP contribution in [0, 0.1) is 0 Å². The fourth-order valence-electron chi connectivity index (χ4n) is 2.33. The van der Waals surface area contributed by atoms with Crippen LogP contribution in [0.25, 0.3) is 0 Å². The van der Waals surface area contributed by atoms with E-state index in [4.69, 9.17) is 16.3 Å². The minimum Gasteiger partial charge on any atom is -0.494 e. The van der Waals surface area contributed by atoms with E-state index in [2.05, 4.69) is 40.3 Å². The van der Waals surface area contributed by atoms with Crippen molar-refractivity contribution in [3.8, 4) is 5.75 Å². The smallest absolute Gasteiger partial charge is 0.124 e. The second-order valence-electron chi connectivity index (χ2n) is 4.66. The first-order chi connectivity index (χ1) is 10.2. The predicted octanol–water partition coefficient (Wildman–Crippen LogP) is 5.20. The number of ether oxygens (including phenoxy) is 1. The van der Waals surface area contributed by atoms with E-state index in [1.807, 2.05) is 37.3 Å². The molecule has 0 saturated heterocycles. The van der Waals surface area contributed by atoms with Gasteiger partial charge in [-0.25, -0.2) is 0 Å². The van der Waals surface area contributed by atoms with Crippen molar-refractivity contribution >= 4 is 27.5 Å². The fourth-order valence-corrected chi connectivity index (χ4v) is 2.91. The van der Waals surface area contributed by atoms with Gasteiger partial charge in [0.05, 0.1) is 12.6 Å². The minimum atomic E-state index is 0.0488. The second kappa shape index (κ2) is 7.83. The molecule has 0 bridgehead atoms. The summed E-state index contributed by atoms with van der Waals surface area (Å²) in [6.45, 7) is 5.58. The van der Waals surface area contributed by atoms with Gasteiger partial charge < -0.3 is 10.1 Å². The molecule has 0 aliphatic carbocycles. The first-order valence-electron chi connectivity index (χ1n) is 7.06. The largest absolute Gasteiger partial charge is 0.494 e. The molecule has 0 amide bonds. The lowest BCUT2D eigenvalue weighted by molar-refractivity contribution is 0.333. The summed E-state index contributed by atoms with van der Waals surface area (Å²) < 4.78 is 6.81. The number of hydrogen-bond acceptors (Lipinski definition) is 2. The topological polar surface area (TPSA) is 21.3 Å². The lowest BCUT2D eigenvalue weighted by Crippen LogP contribution is -2.22. The van der Waals surface area contributed by atoms with Crippen LogP contribution in [0.4, 0.5) is 0 Å². The Labute approximate surface area is 139 Å². The van der Waals surface area contributed by atoms with Crippen LogP contribution in [0.15, 0.2) is 46.9 Å². The van der Waals surface area contributed by atoms with Crippen molar-refractivity contribution in [3.63, 3.8) is 0 Å². The summed E-state index contributed by atoms with van der Waals surface area (Å²) >= 11 is 9.68. The van der Waals surface area contributed by atoms with Gasteiger partial charge in [-0.3, -0.25) is 0 Å². The molecule has 2 nitrogen and oxygen atoms in total. The third kappa shape index (κ3) is 4.22. The van der Waals surface area contributed by atoms with Crippen LogP contribution in [0.2, 0.25) is 5.02 Å². The summed E-state index contributed by atoms with van der Waals surface area (Å²) in [6.07, 6.45) is 0. The van der Waals surface area contributed by atoms with Gasteiger partial charge >= 0.3 is 0 Å². The van der Waals surface area contributed by atoms with Crippen LogP contribution in [0.3, 0.4) is 0 Å². The van der Waals surface area contributed by atoms with Gasteiger partial charge in [-0.05, 0) is 49.4 Å². The molecule has 2 aromatic carbocycles. The first-order valence-corrected chi connectivity index (χ1v) is 8.23. The molecule has 1 atom stereocenters. The molecule has 0 aliphatic rings. The van der Waals surface area contributed by atoms with Crippen molar-refractivity contribution in [1.82, 2.24) is 5.32 Å².